The molecular weight excluding hydrogens is 450 g/mol. The number of amides is 1. The van der Waals surface area contributed by atoms with Crippen LogP contribution in [0, 0.1) is 0 Å². The van der Waals surface area contributed by atoms with E-state index in [9.17, 15) is 13.2 Å². The summed E-state index contributed by atoms with van der Waals surface area (Å²) in [4.78, 5) is 13.0. The number of methoxy groups -OCH3 is 4. The van der Waals surface area contributed by atoms with E-state index in [1.807, 2.05) is 0 Å². The van der Waals surface area contributed by atoms with Crippen molar-refractivity contribution in [1.82, 2.24) is 4.31 Å². The van der Waals surface area contributed by atoms with Gasteiger partial charge in [-0.2, -0.15) is 8.42 Å². The minimum atomic E-state index is -3.98. The van der Waals surface area contributed by atoms with Crippen LogP contribution in [0.5, 0.6) is 23.0 Å². The summed E-state index contributed by atoms with van der Waals surface area (Å²) in [6.07, 6.45) is 1.27. The molecule has 1 aliphatic heterocycles. The summed E-state index contributed by atoms with van der Waals surface area (Å²) in [6.45, 7) is 1.47. The van der Waals surface area contributed by atoms with Crippen LogP contribution < -0.4 is 24.3 Å². The van der Waals surface area contributed by atoms with Gasteiger partial charge in [-0.25, -0.2) is 0 Å². The zero-order chi connectivity index (χ0) is 24.2. The van der Waals surface area contributed by atoms with Crippen molar-refractivity contribution in [2.45, 2.75) is 13.5 Å². The predicted molar refractivity (Wildman–Crippen MR) is 123 cm³/mol. The molecule has 0 unspecified atom stereocenters. The highest BCUT2D eigenvalue weighted by atomic mass is 32.2. The largest absolute Gasteiger partial charge is 0.497 e. The molecule has 0 saturated carbocycles. The van der Waals surface area contributed by atoms with Gasteiger partial charge in [-0.15, -0.1) is 4.40 Å². The lowest BCUT2D eigenvalue weighted by atomic mass is 10.1. The van der Waals surface area contributed by atoms with Gasteiger partial charge >= 0.3 is 10.2 Å². The normalized spacial score (nSPS) is 14.6. The summed E-state index contributed by atoms with van der Waals surface area (Å²) in [7, 11) is 1.97. The Kier molecular flexibility index (Phi) is 7.12. The number of carbonyl (C=O) groups is 1. The maximum atomic E-state index is 13.0. The summed E-state index contributed by atoms with van der Waals surface area (Å²) in [5.41, 5.74) is 1.26. The molecule has 0 saturated heterocycles. The van der Waals surface area contributed by atoms with Gasteiger partial charge in [0.05, 0.1) is 46.3 Å². The standard InChI is InChI=1S/C22H25N3O7S/c1-14-18(22(26)23-16-10-19(30-3)21(32-5)20(11-16)31-4)13-25(33(27,28)24-14)12-15-6-8-17(29-2)9-7-15/h6-11,13H,12H2,1-5H3,(H,23,26). The Hall–Kier alpha value is -3.73. The van der Waals surface area contributed by atoms with E-state index in [1.54, 1.807) is 43.5 Å². The van der Waals surface area contributed by atoms with Crippen LogP contribution in [0.3, 0.4) is 0 Å². The molecule has 0 aromatic heterocycles. The lowest BCUT2D eigenvalue weighted by Crippen LogP contribution is -2.32. The molecule has 0 bridgehead atoms. The van der Waals surface area contributed by atoms with Crippen molar-refractivity contribution in [3.63, 3.8) is 0 Å². The Morgan fingerprint density at radius 3 is 2.09 bits per heavy atom. The predicted octanol–water partition coefficient (Wildman–Crippen LogP) is 2.76. The smallest absolute Gasteiger partial charge is 0.344 e. The van der Waals surface area contributed by atoms with Crippen LogP contribution in [0.1, 0.15) is 12.5 Å². The molecule has 1 heterocycles. The van der Waals surface area contributed by atoms with E-state index in [0.29, 0.717) is 34.2 Å². The fourth-order valence-corrected chi connectivity index (χ4v) is 4.29. The van der Waals surface area contributed by atoms with Gasteiger partial charge in [0.15, 0.2) is 11.5 Å². The molecule has 0 fully saturated rings. The summed E-state index contributed by atoms with van der Waals surface area (Å²) in [5, 5.41) is 2.73. The van der Waals surface area contributed by atoms with Crippen molar-refractivity contribution in [3.8, 4) is 23.0 Å². The second-order valence-corrected chi connectivity index (χ2v) is 8.51. The van der Waals surface area contributed by atoms with Crippen molar-refractivity contribution in [3.05, 3.63) is 53.7 Å². The van der Waals surface area contributed by atoms with E-state index >= 15 is 0 Å². The van der Waals surface area contributed by atoms with Gasteiger partial charge in [-0.1, -0.05) is 12.1 Å². The quantitative estimate of drug-likeness (QED) is 0.624. The topological polar surface area (TPSA) is 116 Å². The third-order valence-electron chi connectivity index (χ3n) is 4.88. The number of nitrogens with one attached hydrogen (secondary N) is 1. The van der Waals surface area contributed by atoms with Gasteiger partial charge in [0.1, 0.15) is 5.75 Å². The SMILES string of the molecule is COc1ccc(CN2C=C(C(=O)Nc3cc(OC)c(OC)c(OC)c3)C(C)=NS2(=O)=O)cc1. The molecule has 1 N–H and O–H groups in total. The maximum absolute atomic E-state index is 13.0. The van der Waals surface area contributed by atoms with Gasteiger partial charge in [-0.05, 0) is 24.6 Å². The monoisotopic (exact) mass is 475 g/mol. The van der Waals surface area contributed by atoms with E-state index in [2.05, 4.69) is 9.71 Å². The zero-order valence-corrected chi connectivity index (χ0v) is 19.7. The zero-order valence-electron chi connectivity index (χ0n) is 18.9. The lowest BCUT2D eigenvalue weighted by Gasteiger charge is -2.24. The van der Waals surface area contributed by atoms with Gasteiger partial charge in [-0.3, -0.25) is 9.10 Å². The molecule has 3 rings (SSSR count). The number of benzene rings is 2. The minimum absolute atomic E-state index is 0.00404. The molecule has 0 aliphatic carbocycles. The first-order chi connectivity index (χ1) is 15.7. The third-order valence-corrected chi connectivity index (χ3v) is 6.21. The van der Waals surface area contributed by atoms with Crippen molar-refractivity contribution in [2.75, 3.05) is 33.8 Å². The Labute approximate surface area is 192 Å². The molecule has 2 aromatic rings. The van der Waals surface area contributed by atoms with E-state index < -0.39 is 16.1 Å². The van der Waals surface area contributed by atoms with Crippen LogP contribution in [0.4, 0.5) is 5.69 Å². The van der Waals surface area contributed by atoms with Crippen LogP contribution in [0.2, 0.25) is 0 Å². The van der Waals surface area contributed by atoms with Crippen LogP contribution >= 0.6 is 0 Å². The highest BCUT2D eigenvalue weighted by molar-refractivity contribution is 7.88. The number of rotatable bonds is 8. The van der Waals surface area contributed by atoms with Gasteiger partial charge < -0.3 is 24.3 Å². The average molecular weight is 476 g/mol. The van der Waals surface area contributed by atoms with E-state index in [1.165, 1.54) is 34.5 Å². The van der Waals surface area contributed by atoms with Crippen LogP contribution in [0.15, 0.2) is 52.6 Å². The van der Waals surface area contributed by atoms with Gasteiger partial charge in [0.25, 0.3) is 5.91 Å². The molecule has 1 amide bonds. The lowest BCUT2D eigenvalue weighted by molar-refractivity contribution is -0.112. The maximum Gasteiger partial charge on any atom is 0.344 e. The number of nitrogens with zero attached hydrogens (tertiary/aromatic N) is 2. The van der Waals surface area contributed by atoms with Crippen molar-refractivity contribution in [1.29, 1.82) is 0 Å². The molecule has 10 nitrogen and oxygen atoms in total. The number of hydrogen-bond donors (Lipinski definition) is 1. The molecule has 1 aliphatic rings. The first-order valence-electron chi connectivity index (χ1n) is 9.77. The van der Waals surface area contributed by atoms with E-state index in [4.69, 9.17) is 18.9 Å². The van der Waals surface area contributed by atoms with Gasteiger partial charge in [0, 0.05) is 24.0 Å². The Bertz CT molecular complexity index is 1180. The second kappa shape index (κ2) is 9.82. The van der Waals surface area contributed by atoms with E-state index in [0.717, 1.165) is 4.31 Å². The molecule has 33 heavy (non-hydrogen) atoms. The van der Waals surface area contributed by atoms with Crippen LogP contribution in [-0.2, 0) is 21.5 Å². The number of carbonyl (C=O) groups excluding carboxylic acids is 1. The van der Waals surface area contributed by atoms with Crippen molar-refractivity contribution < 1.29 is 32.2 Å². The first-order valence-corrected chi connectivity index (χ1v) is 11.2. The average Bonchev–Trinajstić information content (AvgIpc) is 2.80. The highest BCUT2D eigenvalue weighted by Crippen LogP contribution is 2.40. The molecule has 2 aromatic carbocycles. The summed E-state index contributed by atoms with van der Waals surface area (Å²) in [5.74, 6) is 1.21. The summed E-state index contributed by atoms with van der Waals surface area (Å²) in [6, 6.07) is 10.1. The van der Waals surface area contributed by atoms with E-state index in [-0.39, 0.29) is 17.8 Å². The highest BCUT2D eigenvalue weighted by Gasteiger charge is 2.28. The molecule has 176 valence electrons. The number of ether oxygens (including phenoxy) is 4. The molecule has 0 spiro atoms. The Morgan fingerprint density at radius 2 is 1.58 bits per heavy atom. The van der Waals surface area contributed by atoms with Crippen LogP contribution in [0.25, 0.3) is 0 Å². The van der Waals surface area contributed by atoms with Crippen molar-refractivity contribution in [2.24, 2.45) is 4.40 Å². The summed E-state index contributed by atoms with van der Waals surface area (Å²) >= 11 is 0. The molecule has 0 atom stereocenters. The van der Waals surface area contributed by atoms with Crippen molar-refractivity contribution >= 4 is 27.5 Å². The number of anilines is 1. The molecular formula is C22H25N3O7S. The summed E-state index contributed by atoms with van der Waals surface area (Å²) < 4.78 is 50.9. The number of hydrogen-bond acceptors (Lipinski definition) is 7. The van der Waals surface area contributed by atoms with Gasteiger partial charge in [0.2, 0.25) is 5.75 Å². The Morgan fingerprint density at radius 1 is 0.970 bits per heavy atom. The Balaban J connectivity index is 1.89. The minimum Gasteiger partial charge on any atom is -0.497 e. The fraction of sp³-hybridized carbons (Fsp3) is 0.273. The second-order valence-electron chi connectivity index (χ2n) is 6.96. The third kappa shape index (κ3) is 5.20. The molecule has 11 heteroatoms. The first kappa shape index (κ1) is 23.9. The van der Waals surface area contributed by atoms with Crippen LogP contribution in [-0.4, -0.2) is 52.8 Å². The fourth-order valence-electron chi connectivity index (χ4n) is 3.19. The molecule has 0 radical (unpaired) electrons.